The van der Waals surface area contributed by atoms with Gasteiger partial charge in [0.1, 0.15) is 0 Å². The monoisotopic (exact) mass is 181 g/mol. The van der Waals surface area contributed by atoms with Crippen molar-refractivity contribution in [1.29, 1.82) is 0 Å². The van der Waals surface area contributed by atoms with E-state index in [0.29, 0.717) is 6.61 Å². The first-order valence-electron chi connectivity index (χ1n) is 4.52. The van der Waals surface area contributed by atoms with Crippen molar-refractivity contribution < 1.29 is 4.74 Å². The van der Waals surface area contributed by atoms with Gasteiger partial charge in [0, 0.05) is 19.4 Å². The lowest BCUT2D eigenvalue weighted by Crippen LogP contribution is -2.02. The highest BCUT2D eigenvalue weighted by molar-refractivity contribution is 5.24. The molecule has 2 nitrogen and oxygen atoms in total. The third kappa shape index (κ3) is 6.17. The van der Waals surface area contributed by atoms with Gasteiger partial charge in [0.2, 0.25) is 0 Å². The lowest BCUT2D eigenvalue weighted by atomic mass is 10.2. The topological polar surface area (TPSA) is 21.3 Å². The number of likely N-dealkylation sites (N-methyl/N-ethyl adjacent to an activating group) is 1. The fraction of sp³-hybridized carbons (Fsp3) is 0.455. The summed E-state index contributed by atoms with van der Waals surface area (Å²) in [6.45, 7) is 9.16. The second-order valence-electron chi connectivity index (χ2n) is 2.62. The third-order valence-corrected chi connectivity index (χ3v) is 1.59. The summed E-state index contributed by atoms with van der Waals surface area (Å²) in [5.41, 5.74) is 2.06. The quantitative estimate of drug-likeness (QED) is 0.635. The zero-order chi connectivity index (χ0) is 10.1. The summed E-state index contributed by atoms with van der Waals surface area (Å²) in [5, 5.41) is 3.06. The van der Waals surface area contributed by atoms with E-state index in [2.05, 4.69) is 11.9 Å². The molecule has 0 rings (SSSR count). The Morgan fingerprint density at radius 2 is 2.15 bits per heavy atom. The van der Waals surface area contributed by atoms with Gasteiger partial charge in [0.25, 0.3) is 0 Å². The average Bonchev–Trinajstić information content (AvgIpc) is 2.16. The van der Waals surface area contributed by atoms with Crippen LogP contribution in [-0.4, -0.2) is 20.3 Å². The van der Waals surface area contributed by atoms with Crippen LogP contribution in [0.15, 0.2) is 36.1 Å². The first-order valence-corrected chi connectivity index (χ1v) is 4.52. The van der Waals surface area contributed by atoms with E-state index < -0.39 is 0 Å². The van der Waals surface area contributed by atoms with Gasteiger partial charge < -0.3 is 10.1 Å². The molecule has 0 aromatic carbocycles. The smallest absolute Gasteiger partial charge is 0.0711 e. The molecule has 0 spiro atoms. The fourth-order valence-electron chi connectivity index (χ4n) is 0.813. The van der Waals surface area contributed by atoms with Gasteiger partial charge >= 0.3 is 0 Å². The molecule has 0 aliphatic heterocycles. The van der Waals surface area contributed by atoms with E-state index in [-0.39, 0.29) is 0 Å². The molecule has 0 aromatic rings. The molecule has 0 amide bonds. The van der Waals surface area contributed by atoms with Gasteiger partial charge in [0.15, 0.2) is 0 Å². The summed E-state index contributed by atoms with van der Waals surface area (Å²) >= 11 is 0. The van der Waals surface area contributed by atoms with Crippen LogP contribution in [0.4, 0.5) is 0 Å². The van der Waals surface area contributed by atoms with Gasteiger partial charge in [-0.1, -0.05) is 18.7 Å². The lowest BCUT2D eigenvalue weighted by molar-refractivity contribution is 0.173. The van der Waals surface area contributed by atoms with E-state index in [1.165, 1.54) is 0 Å². The highest BCUT2D eigenvalue weighted by Gasteiger charge is 1.88. The Balaban J connectivity index is 3.89. The van der Waals surface area contributed by atoms with Gasteiger partial charge in [-0.05, 0) is 25.5 Å². The SMILES string of the molecule is C=C(/C=C\C(=C/C)NC)COCC. The second kappa shape index (κ2) is 7.62. The Hall–Kier alpha value is -1.02. The lowest BCUT2D eigenvalue weighted by Gasteiger charge is -2.01. The van der Waals surface area contributed by atoms with Crippen molar-refractivity contribution in [3.63, 3.8) is 0 Å². The third-order valence-electron chi connectivity index (χ3n) is 1.59. The predicted molar refractivity (Wildman–Crippen MR) is 57.6 cm³/mol. The van der Waals surface area contributed by atoms with Crippen molar-refractivity contribution in [2.45, 2.75) is 13.8 Å². The standard InChI is InChI=1S/C11H19NO/c1-5-11(12-4)8-7-10(3)9-13-6-2/h5,7-8,12H,3,6,9H2,1-2,4H3/b8-7-,11-5+. The molecule has 0 fully saturated rings. The number of hydrogen-bond acceptors (Lipinski definition) is 2. The molecule has 0 bridgehead atoms. The van der Waals surface area contributed by atoms with Crippen LogP contribution < -0.4 is 5.32 Å². The zero-order valence-electron chi connectivity index (χ0n) is 8.76. The minimum atomic E-state index is 0.605. The Morgan fingerprint density at radius 1 is 1.46 bits per heavy atom. The van der Waals surface area contributed by atoms with Gasteiger partial charge in [-0.25, -0.2) is 0 Å². The molecule has 0 saturated heterocycles. The highest BCUT2D eigenvalue weighted by atomic mass is 16.5. The van der Waals surface area contributed by atoms with Crippen LogP contribution in [0.5, 0.6) is 0 Å². The normalized spacial score (nSPS) is 12.1. The van der Waals surface area contributed by atoms with Gasteiger partial charge in [0.05, 0.1) is 6.61 Å². The number of allylic oxidation sites excluding steroid dienone is 2. The van der Waals surface area contributed by atoms with Crippen LogP contribution in [0.2, 0.25) is 0 Å². The van der Waals surface area contributed by atoms with Crippen LogP contribution in [-0.2, 0) is 4.74 Å². The summed E-state index contributed by atoms with van der Waals surface area (Å²) in [4.78, 5) is 0. The van der Waals surface area contributed by atoms with Crippen molar-refractivity contribution in [2.24, 2.45) is 0 Å². The Kier molecular flexibility index (Phi) is 7.02. The number of rotatable bonds is 6. The van der Waals surface area contributed by atoms with Crippen molar-refractivity contribution in [3.05, 3.63) is 36.1 Å². The molecular formula is C11H19NO. The van der Waals surface area contributed by atoms with Crippen molar-refractivity contribution in [2.75, 3.05) is 20.3 Å². The van der Waals surface area contributed by atoms with E-state index in [0.717, 1.165) is 17.9 Å². The summed E-state index contributed by atoms with van der Waals surface area (Å²) in [5.74, 6) is 0. The minimum Gasteiger partial charge on any atom is -0.388 e. The highest BCUT2D eigenvalue weighted by Crippen LogP contribution is 1.97. The molecule has 1 N–H and O–H groups in total. The van der Waals surface area contributed by atoms with Crippen LogP contribution >= 0.6 is 0 Å². The van der Waals surface area contributed by atoms with E-state index in [4.69, 9.17) is 4.74 Å². The van der Waals surface area contributed by atoms with E-state index in [1.54, 1.807) is 0 Å². The molecule has 0 radical (unpaired) electrons. The number of hydrogen-bond donors (Lipinski definition) is 1. The zero-order valence-corrected chi connectivity index (χ0v) is 8.76. The summed E-state index contributed by atoms with van der Waals surface area (Å²) < 4.78 is 5.20. The van der Waals surface area contributed by atoms with Crippen LogP contribution in [0.3, 0.4) is 0 Å². The van der Waals surface area contributed by atoms with E-state index in [1.807, 2.05) is 39.1 Å². The second-order valence-corrected chi connectivity index (χ2v) is 2.62. The van der Waals surface area contributed by atoms with Crippen molar-refractivity contribution in [3.8, 4) is 0 Å². The Bertz CT molecular complexity index is 204. The first kappa shape index (κ1) is 12.0. The van der Waals surface area contributed by atoms with E-state index >= 15 is 0 Å². The molecule has 74 valence electrons. The molecule has 0 heterocycles. The molecule has 0 unspecified atom stereocenters. The molecule has 0 aromatic heterocycles. The Morgan fingerprint density at radius 3 is 2.62 bits per heavy atom. The summed E-state index contributed by atoms with van der Waals surface area (Å²) in [6, 6.07) is 0. The number of ether oxygens (including phenoxy) is 1. The largest absolute Gasteiger partial charge is 0.388 e. The van der Waals surface area contributed by atoms with E-state index in [9.17, 15) is 0 Å². The number of nitrogens with one attached hydrogen (secondary N) is 1. The molecule has 0 atom stereocenters. The molecule has 0 aliphatic rings. The maximum Gasteiger partial charge on any atom is 0.0711 e. The van der Waals surface area contributed by atoms with Crippen molar-refractivity contribution >= 4 is 0 Å². The van der Waals surface area contributed by atoms with Gasteiger partial charge in [-0.15, -0.1) is 0 Å². The molecule has 2 heteroatoms. The molecular weight excluding hydrogens is 162 g/mol. The maximum atomic E-state index is 5.20. The first-order chi connectivity index (χ1) is 6.24. The maximum absolute atomic E-state index is 5.20. The summed E-state index contributed by atoms with van der Waals surface area (Å²) in [6.07, 6.45) is 5.95. The molecule has 13 heavy (non-hydrogen) atoms. The van der Waals surface area contributed by atoms with Gasteiger partial charge in [-0.3, -0.25) is 0 Å². The average molecular weight is 181 g/mol. The van der Waals surface area contributed by atoms with Crippen LogP contribution in [0.25, 0.3) is 0 Å². The van der Waals surface area contributed by atoms with Gasteiger partial charge in [-0.2, -0.15) is 0 Å². The molecule has 0 saturated carbocycles. The predicted octanol–water partition coefficient (Wildman–Crippen LogP) is 2.26. The fourth-order valence-corrected chi connectivity index (χ4v) is 0.813. The van der Waals surface area contributed by atoms with Crippen LogP contribution in [0.1, 0.15) is 13.8 Å². The molecule has 0 aliphatic carbocycles. The van der Waals surface area contributed by atoms with Crippen LogP contribution in [0, 0.1) is 0 Å². The Labute approximate surface area is 81.0 Å². The minimum absolute atomic E-state index is 0.605. The van der Waals surface area contributed by atoms with Crippen molar-refractivity contribution in [1.82, 2.24) is 5.32 Å². The summed E-state index contributed by atoms with van der Waals surface area (Å²) in [7, 11) is 1.89.